The maximum absolute atomic E-state index is 12.7. The highest BCUT2D eigenvalue weighted by Crippen LogP contribution is 2.43. The molecule has 0 aromatic heterocycles. The van der Waals surface area contributed by atoms with Gasteiger partial charge < -0.3 is 5.11 Å². The molecule has 2 atom stereocenters. The van der Waals surface area contributed by atoms with Crippen molar-refractivity contribution in [3.63, 3.8) is 0 Å². The van der Waals surface area contributed by atoms with E-state index < -0.39 is 16.9 Å². The molecule has 0 aliphatic heterocycles. The third kappa shape index (κ3) is 2.69. The fourth-order valence-corrected chi connectivity index (χ4v) is 3.67. The van der Waals surface area contributed by atoms with Crippen LogP contribution in [0, 0.1) is 0 Å². The molecule has 0 heterocycles. The van der Waals surface area contributed by atoms with Crippen LogP contribution in [0.3, 0.4) is 0 Å². The van der Waals surface area contributed by atoms with E-state index in [1.807, 2.05) is 42.5 Å². The van der Waals surface area contributed by atoms with E-state index in [1.165, 1.54) is 18.4 Å². The summed E-state index contributed by atoms with van der Waals surface area (Å²) >= 11 is 0. The lowest BCUT2D eigenvalue weighted by atomic mass is 10.1. The Kier molecular flexibility index (Phi) is 3.72. The van der Waals surface area contributed by atoms with Crippen molar-refractivity contribution in [1.29, 1.82) is 0 Å². The van der Waals surface area contributed by atoms with Crippen molar-refractivity contribution in [3.8, 4) is 0 Å². The molecule has 0 saturated heterocycles. The SMILES string of the molecule is CC(O)c1ccc(S(=O)c2ccccc2C2CC2)cc1. The van der Waals surface area contributed by atoms with Crippen LogP contribution in [0.2, 0.25) is 0 Å². The zero-order chi connectivity index (χ0) is 14.1. The minimum atomic E-state index is -1.14. The molecule has 2 nitrogen and oxygen atoms in total. The topological polar surface area (TPSA) is 37.3 Å². The van der Waals surface area contributed by atoms with Crippen LogP contribution in [-0.2, 0) is 10.8 Å². The second-order valence-corrected chi connectivity index (χ2v) is 6.77. The molecule has 0 spiro atoms. The van der Waals surface area contributed by atoms with Gasteiger partial charge in [-0.1, -0.05) is 30.3 Å². The minimum absolute atomic E-state index is 0.490. The van der Waals surface area contributed by atoms with E-state index in [1.54, 1.807) is 6.92 Å². The van der Waals surface area contributed by atoms with E-state index in [-0.39, 0.29) is 0 Å². The molecular weight excluding hydrogens is 268 g/mol. The van der Waals surface area contributed by atoms with E-state index in [9.17, 15) is 9.32 Å². The van der Waals surface area contributed by atoms with Gasteiger partial charge in [0.25, 0.3) is 0 Å². The summed E-state index contributed by atoms with van der Waals surface area (Å²) in [5.41, 5.74) is 2.08. The van der Waals surface area contributed by atoms with Gasteiger partial charge in [-0.15, -0.1) is 0 Å². The highest BCUT2D eigenvalue weighted by atomic mass is 32.2. The first kappa shape index (κ1) is 13.5. The summed E-state index contributed by atoms with van der Waals surface area (Å²) in [4.78, 5) is 1.72. The first-order chi connectivity index (χ1) is 9.66. The zero-order valence-electron chi connectivity index (χ0n) is 11.5. The number of aliphatic hydroxyl groups is 1. The predicted molar refractivity (Wildman–Crippen MR) is 80.2 cm³/mol. The molecule has 0 bridgehead atoms. The Morgan fingerprint density at radius 3 is 2.35 bits per heavy atom. The standard InChI is InChI=1S/C17H18O2S/c1-12(18)13-8-10-15(11-9-13)20(19)17-5-3-2-4-16(17)14-6-7-14/h2-5,8-12,14,18H,6-7H2,1H3. The largest absolute Gasteiger partial charge is 0.389 e. The molecule has 1 aliphatic rings. The lowest BCUT2D eigenvalue weighted by Gasteiger charge is -2.10. The molecule has 2 unspecified atom stereocenters. The maximum atomic E-state index is 12.7. The van der Waals surface area contributed by atoms with Crippen molar-refractivity contribution in [1.82, 2.24) is 0 Å². The van der Waals surface area contributed by atoms with Crippen molar-refractivity contribution in [3.05, 3.63) is 59.7 Å². The molecule has 1 aliphatic carbocycles. The fraction of sp³-hybridized carbons (Fsp3) is 0.294. The lowest BCUT2D eigenvalue weighted by molar-refractivity contribution is 0.199. The molecule has 0 radical (unpaired) electrons. The predicted octanol–water partition coefficient (Wildman–Crippen LogP) is 3.78. The second kappa shape index (κ2) is 5.51. The van der Waals surface area contributed by atoms with Gasteiger partial charge in [-0.25, -0.2) is 4.21 Å². The van der Waals surface area contributed by atoms with Crippen LogP contribution in [0.4, 0.5) is 0 Å². The first-order valence-electron chi connectivity index (χ1n) is 6.95. The Balaban J connectivity index is 1.92. The van der Waals surface area contributed by atoms with Crippen molar-refractivity contribution < 1.29 is 9.32 Å². The summed E-state index contributed by atoms with van der Waals surface area (Å²) in [6, 6.07) is 15.4. The average molecular weight is 286 g/mol. The normalized spacial score (nSPS) is 17.7. The quantitative estimate of drug-likeness (QED) is 0.928. The molecule has 104 valence electrons. The van der Waals surface area contributed by atoms with Gasteiger partial charge in [-0.3, -0.25) is 0 Å². The number of hydrogen-bond acceptors (Lipinski definition) is 2. The molecule has 1 saturated carbocycles. The van der Waals surface area contributed by atoms with Gasteiger partial charge in [0.2, 0.25) is 0 Å². The molecule has 1 fully saturated rings. The van der Waals surface area contributed by atoms with Crippen LogP contribution in [-0.4, -0.2) is 9.32 Å². The van der Waals surface area contributed by atoms with Gasteiger partial charge in [-0.2, -0.15) is 0 Å². The van der Waals surface area contributed by atoms with E-state index in [2.05, 4.69) is 6.07 Å². The molecule has 2 aromatic rings. The summed E-state index contributed by atoms with van der Waals surface area (Å²) in [6.45, 7) is 1.73. The van der Waals surface area contributed by atoms with Gasteiger partial charge in [0.15, 0.2) is 0 Å². The summed E-state index contributed by atoms with van der Waals surface area (Å²) in [7, 11) is -1.14. The van der Waals surface area contributed by atoms with Crippen LogP contribution in [0.15, 0.2) is 58.3 Å². The Bertz CT molecular complexity index is 628. The van der Waals surface area contributed by atoms with E-state index in [0.29, 0.717) is 5.92 Å². The van der Waals surface area contributed by atoms with Crippen LogP contribution < -0.4 is 0 Å². The Labute approximate surface area is 121 Å². The Hall–Kier alpha value is -1.45. The monoisotopic (exact) mass is 286 g/mol. The van der Waals surface area contributed by atoms with E-state index >= 15 is 0 Å². The molecular formula is C17H18O2S. The zero-order valence-corrected chi connectivity index (χ0v) is 12.3. The average Bonchev–Trinajstić information content (AvgIpc) is 3.31. The number of aliphatic hydroxyl groups excluding tert-OH is 1. The van der Waals surface area contributed by atoms with E-state index in [0.717, 1.165) is 15.4 Å². The Morgan fingerprint density at radius 1 is 1.10 bits per heavy atom. The van der Waals surface area contributed by atoms with Gasteiger partial charge >= 0.3 is 0 Å². The highest BCUT2D eigenvalue weighted by molar-refractivity contribution is 7.85. The van der Waals surface area contributed by atoms with E-state index in [4.69, 9.17) is 0 Å². The highest BCUT2D eigenvalue weighted by Gasteiger charge is 2.27. The molecule has 3 rings (SSSR count). The molecule has 1 N–H and O–H groups in total. The molecule has 3 heteroatoms. The summed E-state index contributed by atoms with van der Waals surface area (Å²) in [5, 5.41) is 9.52. The van der Waals surface area contributed by atoms with Crippen LogP contribution in [0.5, 0.6) is 0 Å². The molecule has 2 aromatic carbocycles. The number of hydrogen-bond donors (Lipinski definition) is 1. The summed E-state index contributed by atoms with van der Waals surface area (Å²) in [6.07, 6.45) is 1.92. The number of benzene rings is 2. The van der Waals surface area contributed by atoms with Gasteiger partial charge in [-0.05, 0) is 55.0 Å². The van der Waals surface area contributed by atoms with Crippen LogP contribution in [0.25, 0.3) is 0 Å². The van der Waals surface area contributed by atoms with Crippen molar-refractivity contribution in [2.75, 3.05) is 0 Å². The third-order valence-corrected chi connectivity index (χ3v) is 5.18. The molecule has 0 amide bonds. The first-order valence-corrected chi connectivity index (χ1v) is 8.10. The maximum Gasteiger partial charge on any atom is 0.0852 e. The molecule has 20 heavy (non-hydrogen) atoms. The van der Waals surface area contributed by atoms with Crippen LogP contribution >= 0.6 is 0 Å². The minimum Gasteiger partial charge on any atom is -0.389 e. The van der Waals surface area contributed by atoms with Crippen molar-refractivity contribution >= 4 is 10.8 Å². The third-order valence-electron chi connectivity index (χ3n) is 3.71. The lowest BCUT2D eigenvalue weighted by Crippen LogP contribution is -1.98. The number of rotatable bonds is 4. The van der Waals surface area contributed by atoms with Gasteiger partial charge in [0.1, 0.15) is 0 Å². The Morgan fingerprint density at radius 2 is 1.75 bits per heavy atom. The van der Waals surface area contributed by atoms with Crippen molar-refractivity contribution in [2.45, 2.75) is 41.6 Å². The summed E-state index contributed by atoms with van der Waals surface area (Å²) < 4.78 is 12.7. The van der Waals surface area contributed by atoms with Gasteiger partial charge in [0, 0.05) is 9.79 Å². The van der Waals surface area contributed by atoms with Crippen LogP contribution in [0.1, 0.15) is 42.9 Å². The van der Waals surface area contributed by atoms with Crippen molar-refractivity contribution in [2.24, 2.45) is 0 Å². The smallest absolute Gasteiger partial charge is 0.0852 e. The fourth-order valence-electron chi connectivity index (χ4n) is 2.38. The van der Waals surface area contributed by atoms with Gasteiger partial charge in [0.05, 0.1) is 16.9 Å². The second-order valence-electron chi connectivity index (χ2n) is 5.33. The summed E-state index contributed by atoms with van der Waals surface area (Å²) in [5.74, 6) is 0.590.